The number of ether oxygens (including phenoxy) is 1. The zero-order valence-corrected chi connectivity index (χ0v) is 16.7. The van der Waals surface area contributed by atoms with E-state index in [2.05, 4.69) is 5.32 Å². The number of nitrogens with two attached hydrogens (primary N) is 1. The van der Waals surface area contributed by atoms with E-state index in [1.54, 1.807) is 39.5 Å². The molecule has 1 amide bonds. The van der Waals surface area contributed by atoms with Crippen LogP contribution in [0, 0.1) is 0 Å². The van der Waals surface area contributed by atoms with Gasteiger partial charge in [-0.05, 0) is 27.2 Å². The first-order valence-electron chi connectivity index (χ1n) is 8.32. The number of sulfone groups is 1. The van der Waals surface area contributed by atoms with Gasteiger partial charge < -0.3 is 15.8 Å². The maximum Gasteiger partial charge on any atom is 0.407 e. The predicted octanol–water partition coefficient (Wildman–Crippen LogP) is 1.04. The number of carbonyl (C=O) groups excluding carboxylic acids is 1. The quantitative estimate of drug-likeness (QED) is 0.679. The molecule has 0 aromatic heterocycles. The lowest BCUT2D eigenvalue weighted by atomic mass is 10.1. The van der Waals surface area contributed by atoms with Crippen molar-refractivity contribution in [3.8, 4) is 0 Å². The topological polar surface area (TPSA) is 102 Å². The molecule has 9 heteroatoms. The van der Waals surface area contributed by atoms with Crippen molar-refractivity contribution in [3.63, 3.8) is 0 Å². The van der Waals surface area contributed by atoms with Crippen molar-refractivity contribution in [2.75, 3.05) is 36.9 Å². The van der Waals surface area contributed by atoms with E-state index < -0.39 is 26.9 Å². The number of nitrogens with one attached hydrogen (secondary N) is 1. The smallest absolute Gasteiger partial charge is 0.407 e. The number of rotatable bonds is 7. The molecular formula is C15H31N3O4S2. The van der Waals surface area contributed by atoms with Crippen LogP contribution in [0.4, 0.5) is 4.79 Å². The highest BCUT2D eigenvalue weighted by Crippen LogP contribution is 2.24. The highest BCUT2D eigenvalue weighted by Gasteiger charge is 2.36. The van der Waals surface area contributed by atoms with Crippen LogP contribution < -0.4 is 11.1 Å². The van der Waals surface area contributed by atoms with Crippen LogP contribution in [0.15, 0.2) is 0 Å². The van der Waals surface area contributed by atoms with E-state index in [4.69, 9.17) is 10.5 Å². The summed E-state index contributed by atoms with van der Waals surface area (Å²) < 4.78 is 29.9. The second-order valence-electron chi connectivity index (χ2n) is 6.83. The Morgan fingerprint density at radius 1 is 1.46 bits per heavy atom. The Kier molecular flexibility index (Phi) is 8.31. The summed E-state index contributed by atoms with van der Waals surface area (Å²) in [6.45, 7) is 8.55. The van der Waals surface area contributed by atoms with E-state index >= 15 is 0 Å². The molecule has 0 spiro atoms. The molecule has 2 atom stereocenters. The molecule has 2 unspecified atom stereocenters. The first-order valence-corrected chi connectivity index (χ1v) is 11.2. The Morgan fingerprint density at radius 3 is 2.67 bits per heavy atom. The lowest BCUT2D eigenvalue weighted by Gasteiger charge is -2.40. The molecular weight excluding hydrogens is 350 g/mol. The van der Waals surface area contributed by atoms with E-state index in [1.165, 1.54) is 0 Å². The lowest BCUT2D eigenvalue weighted by molar-refractivity contribution is 0.0521. The van der Waals surface area contributed by atoms with Crippen LogP contribution in [0.3, 0.4) is 0 Å². The number of amides is 1. The molecule has 1 aliphatic rings. The van der Waals surface area contributed by atoms with Crippen LogP contribution >= 0.6 is 11.8 Å². The summed E-state index contributed by atoms with van der Waals surface area (Å²) in [6.07, 6.45) is 0.126. The summed E-state index contributed by atoms with van der Waals surface area (Å²) >= 11 is 1.66. The highest BCUT2D eigenvalue weighted by atomic mass is 32.2. The number of alkyl carbamates (subject to hydrolysis) is 1. The maximum absolute atomic E-state index is 12.3. The van der Waals surface area contributed by atoms with Crippen LogP contribution in [0.25, 0.3) is 0 Å². The number of hydrogen-bond acceptors (Lipinski definition) is 7. The van der Waals surface area contributed by atoms with Crippen molar-refractivity contribution in [2.24, 2.45) is 5.73 Å². The third-order valence-corrected chi connectivity index (χ3v) is 7.13. The second kappa shape index (κ2) is 9.26. The molecule has 1 fully saturated rings. The Hall–Kier alpha value is -0.510. The van der Waals surface area contributed by atoms with Crippen molar-refractivity contribution < 1.29 is 17.9 Å². The Labute approximate surface area is 150 Å². The molecule has 3 N–H and O–H groups in total. The van der Waals surface area contributed by atoms with Gasteiger partial charge in [0.05, 0.1) is 0 Å². The summed E-state index contributed by atoms with van der Waals surface area (Å²) in [4.78, 5) is 13.7. The third-order valence-electron chi connectivity index (χ3n) is 3.83. The van der Waals surface area contributed by atoms with Crippen molar-refractivity contribution in [2.45, 2.75) is 51.1 Å². The minimum absolute atomic E-state index is 0.0767. The summed E-state index contributed by atoms with van der Waals surface area (Å²) in [6, 6.07) is -0.0767. The Balaban J connectivity index is 2.62. The number of thioether (sulfide) groups is 1. The number of hydrogen-bond donors (Lipinski definition) is 2. The second-order valence-corrected chi connectivity index (χ2v) is 10.4. The van der Waals surface area contributed by atoms with Crippen molar-refractivity contribution in [3.05, 3.63) is 0 Å². The Bertz CT molecular complexity index is 505. The summed E-state index contributed by atoms with van der Waals surface area (Å²) in [5, 5.41) is 2.22. The normalized spacial score (nSPS) is 21.3. The Morgan fingerprint density at radius 2 is 2.12 bits per heavy atom. The van der Waals surface area contributed by atoms with Gasteiger partial charge in [-0.3, -0.25) is 4.90 Å². The summed E-state index contributed by atoms with van der Waals surface area (Å²) in [5.74, 6) is 1.60. The van der Waals surface area contributed by atoms with Crippen LogP contribution in [-0.4, -0.2) is 73.3 Å². The highest BCUT2D eigenvalue weighted by molar-refractivity contribution is 8.01. The summed E-state index contributed by atoms with van der Waals surface area (Å²) in [7, 11) is -3.15. The fourth-order valence-corrected chi connectivity index (χ4v) is 5.68. The van der Waals surface area contributed by atoms with E-state index in [1.807, 2.05) is 4.90 Å². The van der Waals surface area contributed by atoms with Gasteiger partial charge in [-0.25, -0.2) is 13.2 Å². The van der Waals surface area contributed by atoms with E-state index in [0.717, 1.165) is 5.75 Å². The van der Waals surface area contributed by atoms with Gasteiger partial charge >= 0.3 is 6.09 Å². The molecule has 24 heavy (non-hydrogen) atoms. The monoisotopic (exact) mass is 381 g/mol. The van der Waals surface area contributed by atoms with Crippen LogP contribution in [0.2, 0.25) is 0 Å². The molecule has 1 saturated heterocycles. The largest absolute Gasteiger partial charge is 0.444 e. The standard InChI is InChI=1S/C15H31N3O4S2/c1-5-24(20,21)13-11-23-9-8-18(13)12(10-16)6-7-17-14(19)22-15(2,3)4/h12-13H,5-11,16H2,1-4H3,(H,17,19). The summed E-state index contributed by atoms with van der Waals surface area (Å²) in [5.41, 5.74) is 5.34. The molecule has 1 heterocycles. The zero-order valence-electron chi connectivity index (χ0n) is 15.1. The van der Waals surface area contributed by atoms with Gasteiger partial charge in [-0.15, -0.1) is 0 Å². The molecule has 1 rings (SSSR count). The minimum atomic E-state index is -3.15. The number of carbonyl (C=O) groups is 1. The van der Waals surface area contributed by atoms with Crippen LogP contribution in [-0.2, 0) is 14.6 Å². The fraction of sp³-hybridized carbons (Fsp3) is 0.933. The first-order chi connectivity index (χ1) is 11.1. The fourth-order valence-electron chi connectivity index (χ4n) is 2.59. The molecule has 0 aliphatic carbocycles. The van der Waals surface area contributed by atoms with Gasteiger partial charge in [0.25, 0.3) is 0 Å². The molecule has 1 aliphatic heterocycles. The minimum Gasteiger partial charge on any atom is -0.444 e. The van der Waals surface area contributed by atoms with Gasteiger partial charge in [0.2, 0.25) is 0 Å². The predicted molar refractivity (Wildman–Crippen MR) is 99.0 cm³/mol. The van der Waals surface area contributed by atoms with Crippen molar-refractivity contribution in [1.29, 1.82) is 0 Å². The van der Waals surface area contributed by atoms with E-state index in [-0.39, 0.29) is 11.8 Å². The molecule has 0 radical (unpaired) electrons. The van der Waals surface area contributed by atoms with Crippen molar-refractivity contribution >= 4 is 27.7 Å². The van der Waals surface area contributed by atoms with Gasteiger partial charge in [-0.1, -0.05) is 6.92 Å². The van der Waals surface area contributed by atoms with Crippen molar-refractivity contribution in [1.82, 2.24) is 10.2 Å². The molecule has 0 saturated carbocycles. The van der Waals surface area contributed by atoms with Crippen LogP contribution in [0.1, 0.15) is 34.1 Å². The van der Waals surface area contributed by atoms with Gasteiger partial charge in [-0.2, -0.15) is 11.8 Å². The SMILES string of the molecule is CCS(=O)(=O)C1CSCCN1C(CN)CCNC(=O)OC(C)(C)C. The maximum atomic E-state index is 12.3. The van der Waals surface area contributed by atoms with Crippen LogP contribution in [0.5, 0.6) is 0 Å². The zero-order chi connectivity index (χ0) is 18.4. The average molecular weight is 382 g/mol. The molecule has 0 aromatic rings. The lowest BCUT2D eigenvalue weighted by Crippen LogP contribution is -2.55. The van der Waals surface area contributed by atoms with E-state index in [9.17, 15) is 13.2 Å². The third kappa shape index (κ3) is 6.78. The van der Waals surface area contributed by atoms with Gasteiger partial charge in [0.15, 0.2) is 9.84 Å². The molecule has 0 bridgehead atoms. The molecule has 142 valence electrons. The van der Waals surface area contributed by atoms with Gasteiger partial charge in [0.1, 0.15) is 11.0 Å². The molecule has 0 aromatic carbocycles. The van der Waals surface area contributed by atoms with Gasteiger partial charge in [0, 0.05) is 42.9 Å². The number of nitrogens with zero attached hydrogens (tertiary/aromatic N) is 1. The molecule has 7 nitrogen and oxygen atoms in total. The first kappa shape index (κ1) is 21.5. The van der Waals surface area contributed by atoms with E-state index in [0.29, 0.717) is 31.8 Å². The average Bonchev–Trinajstić information content (AvgIpc) is 2.50.